The topological polar surface area (TPSA) is 23.6 Å². The molecule has 6 rings (SSSR count). The van der Waals surface area contributed by atoms with Gasteiger partial charge in [-0.3, -0.25) is 4.79 Å². The van der Waals surface area contributed by atoms with Crippen molar-refractivity contribution < 1.29 is 4.79 Å². The molecule has 1 amide bonds. The summed E-state index contributed by atoms with van der Waals surface area (Å²) < 4.78 is 0. The van der Waals surface area contributed by atoms with Gasteiger partial charge >= 0.3 is 0 Å². The molecule has 0 radical (unpaired) electrons. The normalized spacial score (nSPS) is 28.2. The minimum Gasteiger partial charge on any atom is -0.331 e. The van der Waals surface area contributed by atoms with Crippen molar-refractivity contribution in [2.75, 3.05) is 26.2 Å². The summed E-state index contributed by atoms with van der Waals surface area (Å²) in [5.74, 6) is 1.65. The number of benzene rings is 2. The Balaban J connectivity index is 1.43. The number of carbonyl (C=O) groups is 1. The fourth-order valence-corrected chi connectivity index (χ4v) is 5.79. The predicted molar refractivity (Wildman–Crippen MR) is 117 cm³/mol. The molecule has 2 aromatic rings. The number of nitrogens with zero attached hydrogens (tertiary/aromatic N) is 2. The van der Waals surface area contributed by atoms with Crippen LogP contribution in [0.2, 0.25) is 0 Å². The zero-order chi connectivity index (χ0) is 19.8. The van der Waals surface area contributed by atoms with E-state index in [0.29, 0.717) is 18.2 Å². The van der Waals surface area contributed by atoms with Crippen molar-refractivity contribution in [2.45, 2.75) is 45.1 Å². The molecule has 4 heterocycles. The number of aryl methyl sites for hydroxylation is 1. The number of hydrogen-bond acceptors (Lipinski definition) is 2. The second kappa shape index (κ2) is 7.95. The lowest BCUT2D eigenvalue weighted by atomic mass is 9.77. The van der Waals surface area contributed by atoms with Gasteiger partial charge in [0, 0.05) is 19.5 Å². The highest BCUT2D eigenvalue weighted by Gasteiger charge is 2.38. The maximum Gasteiger partial charge on any atom is 0.223 e. The largest absolute Gasteiger partial charge is 0.331 e. The van der Waals surface area contributed by atoms with Crippen molar-refractivity contribution in [1.82, 2.24) is 9.80 Å². The lowest BCUT2D eigenvalue weighted by Gasteiger charge is -2.46. The molecule has 2 bridgehead atoms. The minimum atomic E-state index is 0.0550. The molecular formula is C26H32N2O. The van der Waals surface area contributed by atoms with Crippen LogP contribution in [0.1, 0.15) is 54.5 Å². The molecule has 3 heteroatoms. The van der Waals surface area contributed by atoms with Crippen molar-refractivity contribution in [2.24, 2.45) is 11.8 Å². The quantitative estimate of drug-likeness (QED) is 0.772. The van der Waals surface area contributed by atoms with Crippen molar-refractivity contribution in [3.63, 3.8) is 0 Å². The van der Waals surface area contributed by atoms with Crippen LogP contribution in [0, 0.1) is 11.8 Å². The zero-order valence-electron chi connectivity index (χ0n) is 17.5. The Labute approximate surface area is 174 Å². The van der Waals surface area contributed by atoms with E-state index in [4.69, 9.17) is 0 Å². The van der Waals surface area contributed by atoms with Gasteiger partial charge in [-0.1, -0.05) is 55.5 Å². The van der Waals surface area contributed by atoms with E-state index in [0.717, 1.165) is 31.8 Å². The molecule has 3 nitrogen and oxygen atoms in total. The lowest BCUT2D eigenvalue weighted by molar-refractivity contribution is -0.136. The first-order chi connectivity index (χ1) is 14.2. The maximum atomic E-state index is 13.6. The SMILES string of the molecule is CCc1ccc([C@H]2c3ccccc3CCN2C(=O)C[C@@H]2CN3CCC2CC3)cc1. The van der Waals surface area contributed by atoms with Crippen LogP contribution in [-0.2, 0) is 17.6 Å². The minimum absolute atomic E-state index is 0.0550. The molecule has 0 aliphatic carbocycles. The first kappa shape index (κ1) is 18.9. The monoisotopic (exact) mass is 388 g/mol. The molecular weight excluding hydrogens is 356 g/mol. The molecule has 4 aliphatic rings. The Morgan fingerprint density at radius 2 is 1.76 bits per heavy atom. The van der Waals surface area contributed by atoms with Gasteiger partial charge in [0.2, 0.25) is 5.91 Å². The Hall–Kier alpha value is -2.13. The highest BCUT2D eigenvalue weighted by Crippen LogP contribution is 2.38. The molecule has 0 saturated carbocycles. The zero-order valence-corrected chi connectivity index (χ0v) is 17.5. The molecule has 0 unspecified atom stereocenters. The van der Waals surface area contributed by atoms with Crippen LogP contribution in [0.25, 0.3) is 0 Å². The highest BCUT2D eigenvalue weighted by molar-refractivity contribution is 5.78. The van der Waals surface area contributed by atoms with Crippen molar-refractivity contribution in [3.8, 4) is 0 Å². The molecule has 4 aliphatic heterocycles. The van der Waals surface area contributed by atoms with Gasteiger partial charge < -0.3 is 9.80 Å². The maximum absolute atomic E-state index is 13.6. The fourth-order valence-electron chi connectivity index (χ4n) is 5.79. The second-order valence-electron chi connectivity index (χ2n) is 9.14. The average Bonchev–Trinajstić information content (AvgIpc) is 2.79. The molecule has 3 saturated heterocycles. The highest BCUT2D eigenvalue weighted by atomic mass is 16.2. The smallest absolute Gasteiger partial charge is 0.223 e. The summed E-state index contributed by atoms with van der Waals surface area (Å²) in [5, 5.41) is 0. The first-order valence-electron chi connectivity index (χ1n) is 11.4. The third kappa shape index (κ3) is 3.61. The molecule has 2 aromatic carbocycles. The van der Waals surface area contributed by atoms with Gasteiger partial charge in [0.1, 0.15) is 0 Å². The van der Waals surface area contributed by atoms with Crippen LogP contribution in [0.4, 0.5) is 0 Å². The Morgan fingerprint density at radius 1 is 1.00 bits per heavy atom. The molecule has 29 heavy (non-hydrogen) atoms. The number of fused-ring (bicyclic) bond motifs is 4. The lowest BCUT2D eigenvalue weighted by Crippen LogP contribution is -2.49. The van der Waals surface area contributed by atoms with Gasteiger partial charge in [0.05, 0.1) is 6.04 Å². The summed E-state index contributed by atoms with van der Waals surface area (Å²) in [7, 11) is 0. The third-order valence-electron chi connectivity index (χ3n) is 7.54. The van der Waals surface area contributed by atoms with Gasteiger partial charge in [0.15, 0.2) is 0 Å². The number of carbonyl (C=O) groups excluding carboxylic acids is 1. The standard InChI is InChI=1S/C26H32N2O/c1-2-19-7-9-22(10-8-19)26-24-6-4-3-5-21(24)13-16-28(26)25(29)17-23-18-27-14-11-20(23)12-15-27/h3-10,20,23,26H,2,11-18H2,1H3/t23-,26+/m1/s1. The second-order valence-corrected chi connectivity index (χ2v) is 9.14. The Morgan fingerprint density at radius 3 is 2.45 bits per heavy atom. The van der Waals surface area contributed by atoms with E-state index in [1.54, 1.807) is 0 Å². The molecule has 0 spiro atoms. The van der Waals surface area contributed by atoms with E-state index in [2.05, 4.69) is 65.3 Å². The van der Waals surface area contributed by atoms with Crippen molar-refractivity contribution in [1.29, 1.82) is 0 Å². The van der Waals surface area contributed by atoms with Gasteiger partial charge in [-0.05, 0) is 72.9 Å². The predicted octanol–water partition coefficient (Wildman–Crippen LogP) is 4.46. The molecule has 0 N–H and O–H groups in total. The number of hydrogen-bond donors (Lipinski definition) is 0. The van der Waals surface area contributed by atoms with Gasteiger partial charge in [-0.15, -0.1) is 0 Å². The van der Waals surface area contributed by atoms with Gasteiger partial charge in [-0.2, -0.15) is 0 Å². The molecule has 152 valence electrons. The summed E-state index contributed by atoms with van der Waals surface area (Å²) in [6, 6.07) is 17.7. The van der Waals surface area contributed by atoms with Crippen LogP contribution in [0.15, 0.2) is 48.5 Å². The molecule has 0 aromatic heterocycles. The third-order valence-corrected chi connectivity index (χ3v) is 7.54. The summed E-state index contributed by atoms with van der Waals surface area (Å²) in [4.78, 5) is 18.3. The summed E-state index contributed by atoms with van der Waals surface area (Å²) >= 11 is 0. The van der Waals surface area contributed by atoms with Gasteiger partial charge in [0.25, 0.3) is 0 Å². The van der Waals surface area contributed by atoms with Crippen LogP contribution < -0.4 is 0 Å². The Bertz CT molecular complexity index is 867. The van der Waals surface area contributed by atoms with E-state index in [9.17, 15) is 4.79 Å². The van der Waals surface area contributed by atoms with Crippen LogP contribution in [0.5, 0.6) is 0 Å². The molecule has 2 atom stereocenters. The van der Waals surface area contributed by atoms with E-state index < -0.39 is 0 Å². The van der Waals surface area contributed by atoms with Crippen LogP contribution in [0.3, 0.4) is 0 Å². The number of piperidine rings is 3. The van der Waals surface area contributed by atoms with Crippen LogP contribution in [-0.4, -0.2) is 41.9 Å². The average molecular weight is 389 g/mol. The number of rotatable bonds is 4. The summed E-state index contributed by atoms with van der Waals surface area (Å²) in [6.45, 7) is 6.61. The van der Waals surface area contributed by atoms with Crippen molar-refractivity contribution in [3.05, 3.63) is 70.8 Å². The van der Waals surface area contributed by atoms with E-state index in [1.807, 2.05) is 0 Å². The van der Waals surface area contributed by atoms with Crippen LogP contribution >= 0.6 is 0 Å². The van der Waals surface area contributed by atoms with E-state index in [-0.39, 0.29) is 6.04 Å². The molecule has 3 fully saturated rings. The summed E-state index contributed by atoms with van der Waals surface area (Å²) in [6.07, 6.45) is 5.29. The van der Waals surface area contributed by atoms with Gasteiger partial charge in [-0.25, -0.2) is 0 Å². The number of amides is 1. The van der Waals surface area contributed by atoms with Crippen molar-refractivity contribution >= 4 is 5.91 Å². The summed E-state index contributed by atoms with van der Waals surface area (Å²) in [5.41, 5.74) is 5.30. The van der Waals surface area contributed by atoms with E-state index >= 15 is 0 Å². The Kier molecular flexibility index (Phi) is 5.17. The van der Waals surface area contributed by atoms with E-state index in [1.165, 1.54) is 48.2 Å². The first-order valence-corrected chi connectivity index (χ1v) is 11.4. The fraction of sp³-hybridized carbons (Fsp3) is 0.500.